The zero-order valence-electron chi connectivity index (χ0n) is 12.9. The van der Waals surface area contributed by atoms with Crippen molar-refractivity contribution in [3.63, 3.8) is 0 Å². The molecule has 0 aromatic heterocycles. The normalized spacial score (nSPS) is 17.7. The first-order chi connectivity index (χ1) is 11.7. The van der Waals surface area contributed by atoms with Crippen molar-refractivity contribution in [2.75, 3.05) is 6.54 Å². The van der Waals surface area contributed by atoms with Gasteiger partial charge in [0.05, 0.1) is 10.6 Å². The summed E-state index contributed by atoms with van der Waals surface area (Å²) in [6.45, 7) is 4.19. The average molecular weight is 446 g/mol. The van der Waals surface area contributed by atoms with Gasteiger partial charge in [0.1, 0.15) is 0 Å². The van der Waals surface area contributed by atoms with Gasteiger partial charge in [-0.1, -0.05) is 36.4 Å². The summed E-state index contributed by atoms with van der Waals surface area (Å²) in [5, 5.41) is 0.683. The molecule has 1 saturated heterocycles. The standard InChI is InChI=1S/C19H15IN2OS/c1-2-12-22-18(23)17(13-14-8-10-15(20)11-9-14)24-19(22)21-16-6-4-3-5-7-16/h2-11,13H,1,12H2/b17-13-,21-19?. The summed E-state index contributed by atoms with van der Waals surface area (Å²) in [4.78, 5) is 19.6. The van der Waals surface area contributed by atoms with Gasteiger partial charge >= 0.3 is 0 Å². The number of amidine groups is 1. The highest BCUT2D eigenvalue weighted by Gasteiger charge is 2.32. The van der Waals surface area contributed by atoms with Crippen LogP contribution in [0, 0.1) is 3.57 Å². The Balaban J connectivity index is 1.93. The summed E-state index contributed by atoms with van der Waals surface area (Å²) in [5.41, 5.74) is 1.84. The molecule has 5 heteroatoms. The third kappa shape index (κ3) is 3.96. The third-order valence-corrected chi connectivity index (χ3v) is 5.07. The fourth-order valence-electron chi connectivity index (χ4n) is 2.20. The number of benzene rings is 2. The van der Waals surface area contributed by atoms with Crippen molar-refractivity contribution < 1.29 is 4.79 Å². The highest BCUT2D eigenvalue weighted by atomic mass is 127. The Morgan fingerprint density at radius 3 is 2.50 bits per heavy atom. The number of halogens is 1. The third-order valence-electron chi connectivity index (χ3n) is 3.35. The molecule has 0 saturated carbocycles. The van der Waals surface area contributed by atoms with Crippen LogP contribution in [0.25, 0.3) is 6.08 Å². The summed E-state index contributed by atoms with van der Waals surface area (Å²) in [5.74, 6) is -0.0341. The Labute approximate surface area is 159 Å². The monoisotopic (exact) mass is 446 g/mol. The molecular weight excluding hydrogens is 431 g/mol. The van der Waals surface area contributed by atoms with Crippen molar-refractivity contribution in [1.82, 2.24) is 4.90 Å². The Bertz CT molecular complexity index is 813. The van der Waals surface area contributed by atoms with Crippen LogP contribution in [-0.2, 0) is 4.79 Å². The number of carbonyl (C=O) groups excluding carboxylic acids is 1. The van der Waals surface area contributed by atoms with E-state index in [0.29, 0.717) is 16.6 Å². The van der Waals surface area contributed by atoms with Crippen molar-refractivity contribution in [1.29, 1.82) is 0 Å². The summed E-state index contributed by atoms with van der Waals surface area (Å²) in [6.07, 6.45) is 3.62. The van der Waals surface area contributed by atoms with Gasteiger partial charge in [-0.05, 0) is 70.3 Å². The largest absolute Gasteiger partial charge is 0.283 e. The maximum Gasteiger partial charge on any atom is 0.267 e. The lowest BCUT2D eigenvalue weighted by molar-refractivity contribution is -0.121. The SMILES string of the molecule is C=CCN1C(=O)/C(=C/c2ccc(I)cc2)SC1=Nc1ccccc1. The molecule has 0 bridgehead atoms. The summed E-state index contributed by atoms with van der Waals surface area (Å²) >= 11 is 3.66. The lowest BCUT2D eigenvalue weighted by Gasteiger charge is -2.12. The molecule has 24 heavy (non-hydrogen) atoms. The molecule has 3 rings (SSSR count). The molecule has 0 N–H and O–H groups in total. The Kier molecular flexibility index (Phi) is 5.52. The number of carbonyl (C=O) groups is 1. The van der Waals surface area contributed by atoms with E-state index in [-0.39, 0.29) is 5.91 Å². The minimum absolute atomic E-state index is 0.0341. The number of nitrogens with zero attached hydrogens (tertiary/aromatic N) is 2. The number of thioether (sulfide) groups is 1. The molecule has 0 unspecified atom stereocenters. The molecule has 1 amide bonds. The minimum Gasteiger partial charge on any atom is -0.283 e. The molecule has 1 aliphatic heterocycles. The van der Waals surface area contributed by atoms with E-state index in [9.17, 15) is 4.79 Å². The molecule has 120 valence electrons. The lowest BCUT2D eigenvalue weighted by atomic mass is 10.2. The summed E-state index contributed by atoms with van der Waals surface area (Å²) in [6, 6.07) is 17.7. The average Bonchev–Trinajstić information content (AvgIpc) is 2.87. The maximum atomic E-state index is 12.7. The second kappa shape index (κ2) is 7.81. The van der Waals surface area contributed by atoms with Gasteiger partial charge in [-0.15, -0.1) is 6.58 Å². The molecule has 1 heterocycles. The van der Waals surface area contributed by atoms with E-state index < -0.39 is 0 Å². The molecule has 0 atom stereocenters. The predicted octanol–water partition coefficient (Wildman–Crippen LogP) is 5.08. The van der Waals surface area contributed by atoms with Gasteiger partial charge in [-0.25, -0.2) is 4.99 Å². The van der Waals surface area contributed by atoms with E-state index in [1.807, 2.05) is 60.7 Å². The van der Waals surface area contributed by atoms with E-state index in [4.69, 9.17) is 0 Å². The van der Waals surface area contributed by atoms with E-state index >= 15 is 0 Å². The highest BCUT2D eigenvalue weighted by Crippen LogP contribution is 2.34. The Morgan fingerprint density at radius 2 is 1.83 bits per heavy atom. The van der Waals surface area contributed by atoms with Gasteiger partial charge in [-0.3, -0.25) is 9.69 Å². The van der Waals surface area contributed by atoms with Gasteiger partial charge < -0.3 is 0 Å². The van der Waals surface area contributed by atoms with Crippen molar-refractivity contribution >= 4 is 57.2 Å². The van der Waals surface area contributed by atoms with E-state index in [1.54, 1.807) is 11.0 Å². The van der Waals surface area contributed by atoms with Gasteiger partial charge in [0.25, 0.3) is 5.91 Å². The van der Waals surface area contributed by atoms with Crippen LogP contribution in [0.3, 0.4) is 0 Å². The zero-order chi connectivity index (χ0) is 16.9. The second-order valence-corrected chi connectivity index (χ2v) is 7.35. The zero-order valence-corrected chi connectivity index (χ0v) is 15.8. The number of aliphatic imine (C=N–C) groups is 1. The first-order valence-electron chi connectivity index (χ1n) is 7.39. The van der Waals surface area contributed by atoms with Crippen LogP contribution in [0.5, 0.6) is 0 Å². The van der Waals surface area contributed by atoms with E-state index in [2.05, 4.69) is 34.2 Å². The predicted molar refractivity (Wildman–Crippen MR) is 110 cm³/mol. The van der Waals surface area contributed by atoms with Crippen molar-refractivity contribution in [3.8, 4) is 0 Å². The number of amides is 1. The number of hydrogen-bond acceptors (Lipinski definition) is 3. The van der Waals surface area contributed by atoms with Gasteiger partial charge in [0, 0.05) is 10.1 Å². The first kappa shape index (κ1) is 17.0. The maximum absolute atomic E-state index is 12.7. The summed E-state index contributed by atoms with van der Waals surface area (Å²) in [7, 11) is 0. The fourth-order valence-corrected chi connectivity index (χ4v) is 3.57. The Hall–Kier alpha value is -1.86. The topological polar surface area (TPSA) is 32.7 Å². The lowest BCUT2D eigenvalue weighted by Crippen LogP contribution is -2.29. The van der Waals surface area contributed by atoms with Crippen LogP contribution in [0.15, 0.2) is 77.1 Å². The van der Waals surface area contributed by atoms with Crippen molar-refractivity contribution in [3.05, 3.63) is 81.3 Å². The molecule has 2 aromatic carbocycles. The van der Waals surface area contributed by atoms with Gasteiger partial charge in [0.2, 0.25) is 0 Å². The number of rotatable bonds is 4. The van der Waals surface area contributed by atoms with Crippen LogP contribution in [0.2, 0.25) is 0 Å². The quantitative estimate of drug-likeness (QED) is 0.373. The molecular formula is C19H15IN2OS. The van der Waals surface area contributed by atoms with Crippen LogP contribution < -0.4 is 0 Å². The summed E-state index contributed by atoms with van der Waals surface area (Å²) < 4.78 is 1.17. The molecule has 0 aliphatic carbocycles. The molecule has 0 spiro atoms. The van der Waals surface area contributed by atoms with Crippen LogP contribution in [0.4, 0.5) is 5.69 Å². The molecule has 0 radical (unpaired) electrons. The number of hydrogen-bond donors (Lipinski definition) is 0. The molecule has 1 aliphatic rings. The molecule has 2 aromatic rings. The van der Waals surface area contributed by atoms with Crippen molar-refractivity contribution in [2.24, 2.45) is 4.99 Å². The van der Waals surface area contributed by atoms with Crippen molar-refractivity contribution in [2.45, 2.75) is 0 Å². The van der Waals surface area contributed by atoms with E-state index in [0.717, 1.165) is 11.3 Å². The smallest absolute Gasteiger partial charge is 0.267 e. The fraction of sp³-hybridized carbons (Fsp3) is 0.0526. The molecule has 3 nitrogen and oxygen atoms in total. The van der Waals surface area contributed by atoms with Crippen LogP contribution in [-0.4, -0.2) is 22.5 Å². The highest BCUT2D eigenvalue weighted by molar-refractivity contribution is 14.1. The molecule has 1 fully saturated rings. The van der Waals surface area contributed by atoms with Gasteiger partial charge in [0.15, 0.2) is 5.17 Å². The minimum atomic E-state index is -0.0341. The Morgan fingerprint density at radius 1 is 1.12 bits per heavy atom. The number of para-hydroxylation sites is 1. The van der Waals surface area contributed by atoms with Gasteiger partial charge in [-0.2, -0.15) is 0 Å². The second-order valence-electron chi connectivity index (χ2n) is 5.10. The van der Waals surface area contributed by atoms with Crippen LogP contribution >= 0.6 is 34.4 Å². The first-order valence-corrected chi connectivity index (χ1v) is 9.28. The van der Waals surface area contributed by atoms with Crippen LogP contribution in [0.1, 0.15) is 5.56 Å². The van der Waals surface area contributed by atoms with E-state index in [1.165, 1.54) is 15.3 Å².